The van der Waals surface area contributed by atoms with Gasteiger partial charge in [-0.25, -0.2) is 0 Å². The van der Waals surface area contributed by atoms with E-state index in [4.69, 9.17) is 4.74 Å². The van der Waals surface area contributed by atoms with Gasteiger partial charge >= 0.3 is 0 Å². The molecule has 1 aromatic carbocycles. The first kappa shape index (κ1) is 17.3. The molecule has 23 heavy (non-hydrogen) atoms. The minimum absolute atomic E-state index is 0.183. The van der Waals surface area contributed by atoms with E-state index in [1.807, 2.05) is 24.3 Å². The van der Waals surface area contributed by atoms with Crippen LogP contribution in [0.2, 0.25) is 0 Å². The van der Waals surface area contributed by atoms with E-state index in [0.717, 1.165) is 13.1 Å². The van der Waals surface area contributed by atoms with Crippen LogP contribution in [0.25, 0.3) is 0 Å². The summed E-state index contributed by atoms with van der Waals surface area (Å²) in [5.74, 6) is -0.616. The number of nitrogens with one attached hydrogen (secondary N) is 2. The van der Waals surface area contributed by atoms with E-state index in [1.54, 1.807) is 7.11 Å². The smallest absolute Gasteiger partial charge is 0.233 e. The summed E-state index contributed by atoms with van der Waals surface area (Å²) in [6.45, 7) is 3.03. The third kappa shape index (κ3) is 5.90. The summed E-state index contributed by atoms with van der Waals surface area (Å²) in [5, 5.41) is 5.36. The van der Waals surface area contributed by atoms with Gasteiger partial charge in [-0.05, 0) is 43.5 Å². The number of nitrogens with zero attached hydrogens (tertiary/aromatic N) is 1. The molecule has 1 aliphatic rings. The number of anilines is 2. The molecule has 0 aromatic heterocycles. The van der Waals surface area contributed by atoms with Crippen LogP contribution < -0.4 is 15.5 Å². The Balaban J connectivity index is 1.78. The van der Waals surface area contributed by atoms with Crippen LogP contribution in [-0.4, -0.2) is 45.2 Å². The molecule has 0 unspecified atom stereocenters. The second kappa shape index (κ2) is 9.15. The van der Waals surface area contributed by atoms with Gasteiger partial charge in [-0.15, -0.1) is 0 Å². The van der Waals surface area contributed by atoms with Crippen LogP contribution in [0.3, 0.4) is 0 Å². The first-order chi connectivity index (χ1) is 11.2. The van der Waals surface area contributed by atoms with Crippen molar-refractivity contribution in [3.8, 4) is 0 Å². The summed E-state index contributed by atoms with van der Waals surface area (Å²) in [4.78, 5) is 25.7. The quantitative estimate of drug-likeness (QED) is 0.593. The molecule has 2 rings (SSSR count). The lowest BCUT2D eigenvalue weighted by Gasteiger charge is -2.28. The number of methoxy groups -OCH3 is 1. The van der Waals surface area contributed by atoms with Crippen molar-refractivity contribution in [3.05, 3.63) is 24.3 Å². The molecule has 0 aliphatic carbocycles. The fourth-order valence-corrected chi connectivity index (χ4v) is 2.61. The molecule has 6 nitrogen and oxygen atoms in total. The highest BCUT2D eigenvalue weighted by Gasteiger charge is 2.12. The van der Waals surface area contributed by atoms with Gasteiger partial charge in [0.1, 0.15) is 6.42 Å². The molecule has 1 aliphatic heterocycles. The van der Waals surface area contributed by atoms with Crippen LogP contribution in [0.1, 0.15) is 25.7 Å². The van der Waals surface area contributed by atoms with Crippen LogP contribution in [0, 0.1) is 0 Å². The van der Waals surface area contributed by atoms with Gasteiger partial charge in [0.25, 0.3) is 0 Å². The SMILES string of the molecule is COCCNC(=O)CC(=O)Nc1ccc(N2CCCCC2)cc1. The molecule has 126 valence electrons. The Bertz CT molecular complexity index is 510. The van der Waals surface area contributed by atoms with E-state index in [-0.39, 0.29) is 18.2 Å². The first-order valence-corrected chi connectivity index (χ1v) is 8.09. The highest BCUT2D eigenvalue weighted by Crippen LogP contribution is 2.21. The van der Waals surface area contributed by atoms with E-state index >= 15 is 0 Å². The Morgan fingerprint density at radius 1 is 1.09 bits per heavy atom. The molecule has 0 atom stereocenters. The van der Waals surface area contributed by atoms with Crippen LogP contribution >= 0.6 is 0 Å². The number of hydrogen-bond donors (Lipinski definition) is 2. The fraction of sp³-hybridized carbons (Fsp3) is 0.529. The second-order valence-electron chi connectivity index (χ2n) is 5.66. The van der Waals surface area contributed by atoms with Crippen molar-refractivity contribution in [1.29, 1.82) is 0 Å². The lowest BCUT2D eigenvalue weighted by molar-refractivity contribution is -0.126. The van der Waals surface area contributed by atoms with Crippen LogP contribution in [0.4, 0.5) is 11.4 Å². The zero-order valence-electron chi connectivity index (χ0n) is 13.6. The number of carbonyl (C=O) groups is 2. The van der Waals surface area contributed by atoms with Gasteiger partial charge in [0.05, 0.1) is 6.61 Å². The molecule has 0 radical (unpaired) electrons. The maximum atomic E-state index is 11.8. The second-order valence-corrected chi connectivity index (χ2v) is 5.66. The number of hydrogen-bond acceptors (Lipinski definition) is 4. The molecule has 0 bridgehead atoms. The summed E-state index contributed by atoms with van der Waals surface area (Å²) >= 11 is 0. The summed E-state index contributed by atoms with van der Waals surface area (Å²) in [5.41, 5.74) is 1.89. The first-order valence-electron chi connectivity index (χ1n) is 8.09. The summed E-state index contributed by atoms with van der Waals surface area (Å²) < 4.78 is 4.83. The Kier molecular flexibility index (Phi) is 6.87. The highest BCUT2D eigenvalue weighted by molar-refractivity contribution is 6.03. The van der Waals surface area contributed by atoms with Crippen LogP contribution in [0.15, 0.2) is 24.3 Å². The normalized spacial score (nSPS) is 14.4. The van der Waals surface area contributed by atoms with Gasteiger partial charge < -0.3 is 20.3 Å². The molecule has 0 saturated carbocycles. The van der Waals surface area contributed by atoms with E-state index in [2.05, 4.69) is 15.5 Å². The van der Waals surface area contributed by atoms with E-state index in [1.165, 1.54) is 24.9 Å². The average molecular weight is 319 g/mol. The van der Waals surface area contributed by atoms with Crippen LogP contribution in [0.5, 0.6) is 0 Å². The monoisotopic (exact) mass is 319 g/mol. The van der Waals surface area contributed by atoms with Crippen molar-refractivity contribution in [3.63, 3.8) is 0 Å². The molecule has 6 heteroatoms. The predicted octanol–water partition coefficient (Wildman–Crippen LogP) is 1.77. The fourth-order valence-electron chi connectivity index (χ4n) is 2.61. The van der Waals surface area contributed by atoms with Crippen molar-refractivity contribution in [1.82, 2.24) is 5.32 Å². The standard InChI is InChI=1S/C17H25N3O3/c1-23-12-9-18-16(21)13-17(22)19-14-5-7-15(8-6-14)20-10-3-2-4-11-20/h5-8H,2-4,9-13H2,1H3,(H,18,21)(H,19,22). The highest BCUT2D eigenvalue weighted by atomic mass is 16.5. The lowest BCUT2D eigenvalue weighted by Crippen LogP contribution is -2.30. The predicted molar refractivity (Wildman–Crippen MR) is 90.6 cm³/mol. The minimum atomic E-state index is -0.314. The van der Waals surface area contributed by atoms with Crippen LogP contribution in [-0.2, 0) is 14.3 Å². The van der Waals surface area contributed by atoms with Crippen molar-refractivity contribution < 1.29 is 14.3 Å². The van der Waals surface area contributed by atoms with E-state index in [9.17, 15) is 9.59 Å². The van der Waals surface area contributed by atoms with E-state index in [0.29, 0.717) is 18.8 Å². The number of ether oxygens (including phenoxy) is 1. The third-order valence-electron chi connectivity index (χ3n) is 3.82. The van der Waals surface area contributed by atoms with Gasteiger partial charge in [-0.1, -0.05) is 0 Å². The van der Waals surface area contributed by atoms with Gasteiger partial charge in [0.2, 0.25) is 11.8 Å². The molecular weight excluding hydrogens is 294 g/mol. The summed E-state index contributed by atoms with van der Waals surface area (Å²) in [6.07, 6.45) is 3.59. The Labute approximate surface area is 137 Å². The molecule has 1 aromatic rings. The van der Waals surface area contributed by atoms with Gasteiger partial charge in [0.15, 0.2) is 0 Å². The third-order valence-corrected chi connectivity index (χ3v) is 3.82. The minimum Gasteiger partial charge on any atom is -0.383 e. The molecule has 2 amide bonds. The average Bonchev–Trinajstić information content (AvgIpc) is 2.56. The zero-order chi connectivity index (χ0) is 16.5. The summed E-state index contributed by atoms with van der Waals surface area (Å²) in [6, 6.07) is 7.79. The molecule has 0 spiro atoms. The topological polar surface area (TPSA) is 70.7 Å². The number of benzene rings is 1. The Morgan fingerprint density at radius 3 is 2.43 bits per heavy atom. The maximum absolute atomic E-state index is 11.8. The zero-order valence-corrected chi connectivity index (χ0v) is 13.6. The Morgan fingerprint density at radius 2 is 1.78 bits per heavy atom. The molecule has 1 heterocycles. The number of piperidine rings is 1. The number of amides is 2. The van der Waals surface area contributed by atoms with Crippen molar-refractivity contribution in [2.45, 2.75) is 25.7 Å². The molecule has 2 N–H and O–H groups in total. The number of carbonyl (C=O) groups excluding carboxylic acids is 2. The molecular formula is C17H25N3O3. The molecule has 1 fully saturated rings. The van der Waals surface area contributed by atoms with Gasteiger partial charge in [-0.2, -0.15) is 0 Å². The van der Waals surface area contributed by atoms with Gasteiger partial charge in [0, 0.05) is 38.1 Å². The largest absolute Gasteiger partial charge is 0.383 e. The van der Waals surface area contributed by atoms with E-state index < -0.39 is 0 Å². The lowest BCUT2D eigenvalue weighted by atomic mass is 10.1. The number of rotatable bonds is 7. The van der Waals surface area contributed by atoms with Gasteiger partial charge in [-0.3, -0.25) is 9.59 Å². The van der Waals surface area contributed by atoms with Crippen molar-refractivity contribution in [2.75, 3.05) is 43.6 Å². The molecule has 1 saturated heterocycles. The van der Waals surface area contributed by atoms with Crippen molar-refractivity contribution in [2.24, 2.45) is 0 Å². The maximum Gasteiger partial charge on any atom is 0.233 e. The van der Waals surface area contributed by atoms with Crippen molar-refractivity contribution >= 4 is 23.2 Å². The summed E-state index contributed by atoms with van der Waals surface area (Å²) in [7, 11) is 1.56. The Hall–Kier alpha value is -2.08.